The molecule has 5 nitrogen and oxygen atoms in total. The van der Waals surface area contributed by atoms with Gasteiger partial charge in [0.15, 0.2) is 5.82 Å². The number of halogens is 4. The van der Waals surface area contributed by atoms with Gasteiger partial charge in [0.2, 0.25) is 10.0 Å². The number of nitrogens with zero attached hydrogens (tertiary/aromatic N) is 1. The molecule has 0 aliphatic heterocycles. The molecule has 1 rings (SSSR count). The number of sulfonamides is 1. The van der Waals surface area contributed by atoms with Gasteiger partial charge in [0.1, 0.15) is 0 Å². The smallest absolute Gasteiger partial charge is 0.256 e. The van der Waals surface area contributed by atoms with Crippen molar-refractivity contribution in [1.82, 2.24) is 4.90 Å². The van der Waals surface area contributed by atoms with Crippen LogP contribution in [0.2, 0.25) is 5.02 Å². The van der Waals surface area contributed by atoms with Crippen LogP contribution in [0.15, 0.2) is 17.0 Å². The zero-order valence-electron chi connectivity index (χ0n) is 10.1. The molecule has 0 saturated carbocycles. The van der Waals surface area contributed by atoms with Crippen LogP contribution in [0, 0.1) is 5.82 Å². The van der Waals surface area contributed by atoms with Gasteiger partial charge >= 0.3 is 0 Å². The van der Waals surface area contributed by atoms with Gasteiger partial charge in [-0.25, -0.2) is 26.7 Å². The Morgan fingerprint density at radius 2 is 2.00 bits per heavy atom. The zero-order chi connectivity index (χ0) is 15.7. The van der Waals surface area contributed by atoms with E-state index in [9.17, 15) is 26.4 Å². The monoisotopic (exact) mass is 330 g/mol. The summed E-state index contributed by atoms with van der Waals surface area (Å²) in [5, 5.41) is 4.20. The maximum atomic E-state index is 13.7. The van der Waals surface area contributed by atoms with Crippen molar-refractivity contribution in [2.24, 2.45) is 5.14 Å². The normalized spacial score (nSPS) is 11.8. The number of hydrogen-bond donors (Lipinski definition) is 1. The van der Waals surface area contributed by atoms with Gasteiger partial charge in [-0.1, -0.05) is 11.6 Å². The Bertz CT molecular complexity index is 637. The number of rotatable bonds is 4. The van der Waals surface area contributed by atoms with Crippen molar-refractivity contribution in [3.8, 4) is 0 Å². The first-order chi connectivity index (χ1) is 9.04. The fourth-order valence-electron chi connectivity index (χ4n) is 1.38. The summed E-state index contributed by atoms with van der Waals surface area (Å²) in [5.74, 6) is -2.33. The predicted octanol–water partition coefficient (Wildman–Crippen LogP) is 1.46. The first-order valence-corrected chi connectivity index (χ1v) is 7.02. The second kappa shape index (κ2) is 5.98. The van der Waals surface area contributed by atoms with Crippen LogP contribution >= 0.6 is 11.6 Å². The average molecular weight is 331 g/mol. The molecule has 10 heteroatoms. The molecule has 0 unspecified atom stereocenters. The van der Waals surface area contributed by atoms with E-state index in [-0.39, 0.29) is 0 Å². The minimum atomic E-state index is -4.22. The Balaban J connectivity index is 3.31. The molecule has 0 aromatic heterocycles. The minimum absolute atomic E-state index is 0.548. The molecule has 0 saturated heterocycles. The lowest BCUT2D eigenvalue weighted by Crippen LogP contribution is -2.32. The highest BCUT2D eigenvalue weighted by Gasteiger charge is 2.23. The highest BCUT2D eigenvalue weighted by Crippen LogP contribution is 2.24. The van der Waals surface area contributed by atoms with E-state index in [0.717, 1.165) is 13.1 Å². The van der Waals surface area contributed by atoms with Crippen LogP contribution in [0.25, 0.3) is 0 Å². The summed E-state index contributed by atoms with van der Waals surface area (Å²) in [7, 11) is -3.20. The number of nitrogens with two attached hydrogens (primary N) is 1. The summed E-state index contributed by atoms with van der Waals surface area (Å²) in [4.78, 5) is 11.8. The van der Waals surface area contributed by atoms with Gasteiger partial charge in [0, 0.05) is 7.05 Å². The zero-order valence-corrected chi connectivity index (χ0v) is 11.7. The molecule has 112 valence electrons. The first-order valence-electron chi connectivity index (χ1n) is 5.09. The standard InChI is InChI=1S/C10H10ClF3N2O3S/c1-16(4-8(12)13)10(17)6-2-5(20(15,18)19)3-7(11)9(6)14/h2-3,8H,4H2,1H3,(H2,15,18,19). The highest BCUT2D eigenvalue weighted by molar-refractivity contribution is 7.89. The average Bonchev–Trinajstić information content (AvgIpc) is 2.29. The van der Waals surface area contributed by atoms with Gasteiger partial charge in [-0.2, -0.15) is 0 Å². The van der Waals surface area contributed by atoms with Crippen molar-refractivity contribution in [2.45, 2.75) is 11.3 Å². The number of benzene rings is 1. The molecule has 0 fully saturated rings. The summed E-state index contributed by atoms with van der Waals surface area (Å²) in [5.41, 5.74) is -0.746. The Hall–Kier alpha value is -1.32. The molecule has 0 spiro atoms. The highest BCUT2D eigenvalue weighted by atomic mass is 35.5. The van der Waals surface area contributed by atoms with Gasteiger partial charge in [0.25, 0.3) is 12.3 Å². The summed E-state index contributed by atoms with van der Waals surface area (Å²) < 4.78 is 60.4. The lowest BCUT2D eigenvalue weighted by atomic mass is 10.2. The Kier molecular flexibility index (Phi) is 5.00. The van der Waals surface area contributed by atoms with Gasteiger partial charge in [-0.15, -0.1) is 0 Å². The molecule has 0 aliphatic rings. The minimum Gasteiger partial charge on any atom is -0.336 e. The fraction of sp³-hybridized carbons (Fsp3) is 0.300. The van der Waals surface area contributed by atoms with Crippen molar-refractivity contribution in [1.29, 1.82) is 0 Å². The van der Waals surface area contributed by atoms with Crippen LogP contribution in [-0.4, -0.2) is 39.2 Å². The molecular weight excluding hydrogens is 321 g/mol. The Morgan fingerprint density at radius 1 is 1.45 bits per heavy atom. The van der Waals surface area contributed by atoms with Crippen LogP contribution in [0.3, 0.4) is 0 Å². The SMILES string of the molecule is CN(CC(F)F)C(=O)c1cc(S(N)(=O)=O)cc(Cl)c1F. The first kappa shape index (κ1) is 16.7. The number of carbonyl (C=O) groups excluding carboxylic acids is 1. The Morgan fingerprint density at radius 3 is 2.45 bits per heavy atom. The van der Waals surface area contributed by atoms with Crippen LogP contribution in [0.1, 0.15) is 10.4 Å². The molecule has 0 aliphatic carbocycles. The maximum Gasteiger partial charge on any atom is 0.256 e. The van der Waals surface area contributed by atoms with Crippen molar-refractivity contribution in [3.05, 3.63) is 28.5 Å². The second-order valence-corrected chi connectivity index (χ2v) is 5.86. The third-order valence-corrected chi connectivity index (χ3v) is 3.49. The van der Waals surface area contributed by atoms with E-state index in [2.05, 4.69) is 0 Å². The quantitative estimate of drug-likeness (QED) is 0.907. The van der Waals surface area contributed by atoms with E-state index in [0.29, 0.717) is 11.0 Å². The number of amides is 1. The molecule has 0 atom stereocenters. The van der Waals surface area contributed by atoms with Crippen molar-refractivity contribution in [2.75, 3.05) is 13.6 Å². The summed E-state index contributed by atoms with van der Waals surface area (Å²) in [6.45, 7) is -0.935. The van der Waals surface area contributed by atoms with Crippen LogP contribution in [0.4, 0.5) is 13.2 Å². The van der Waals surface area contributed by atoms with Gasteiger partial charge < -0.3 is 4.90 Å². The fourth-order valence-corrected chi connectivity index (χ4v) is 2.23. The Labute approximate surface area is 118 Å². The molecule has 0 radical (unpaired) electrons. The largest absolute Gasteiger partial charge is 0.336 e. The van der Waals surface area contributed by atoms with Crippen molar-refractivity contribution < 1.29 is 26.4 Å². The number of hydrogen-bond acceptors (Lipinski definition) is 3. The number of alkyl halides is 2. The third kappa shape index (κ3) is 3.84. The number of carbonyl (C=O) groups is 1. The van der Waals surface area contributed by atoms with Crippen molar-refractivity contribution in [3.63, 3.8) is 0 Å². The van der Waals surface area contributed by atoms with E-state index in [1.165, 1.54) is 0 Å². The van der Waals surface area contributed by atoms with E-state index in [1.54, 1.807) is 0 Å². The molecule has 0 bridgehead atoms. The van der Waals surface area contributed by atoms with Gasteiger partial charge in [-0.05, 0) is 12.1 Å². The third-order valence-electron chi connectivity index (χ3n) is 2.32. The molecular formula is C10H10ClF3N2O3S. The van der Waals surface area contributed by atoms with E-state index in [1.807, 2.05) is 0 Å². The van der Waals surface area contributed by atoms with Gasteiger partial charge in [-0.3, -0.25) is 4.79 Å². The predicted molar refractivity (Wildman–Crippen MR) is 65.7 cm³/mol. The van der Waals surface area contributed by atoms with Crippen LogP contribution < -0.4 is 5.14 Å². The van der Waals surface area contributed by atoms with E-state index < -0.39 is 50.2 Å². The summed E-state index contributed by atoms with van der Waals surface area (Å²) in [6, 6.07) is 1.39. The molecule has 1 aromatic carbocycles. The molecule has 0 heterocycles. The number of primary sulfonamides is 1. The lowest BCUT2D eigenvalue weighted by Gasteiger charge is -2.17. The summed E-state index contributed by atoms with van der Waals surface area (Å²) >= 11 is 5.47. The molecule has 1 aromatic rings. The maximum absolute atomic E-state index is 13.7. The summed E-state index contributed by atoms with van der Waals surface area (Å²) in [6.07, 6.45) is -2.82. The van der Waals surface area contributed by atoms with Crippen molar-refractivity contribution >= 4 is 27.5 Å². The molecule has 1 amide bonds. The topological polar surface area (TPSA) is 80.5 Å². The van der Waals surface area contributed by atoms with E-state index in [4.69, 9.17) is 16.7 Å². The molecule has 20 heavy (non-hydrogen) atoms. The lowest BCUT2D eigenvalue weighted by molar-refractivity contribution is 0.0616. The van der Waals surface area contributed by atoms with Crippen LogP contribution in [0.5, 0.6) is 0 Å². The van der Waals surface area contributed by atoms with Crippen LogP contribution in [-0.2, 0) is 10.0 Å². The van der Waals surface area contributed by atoms with E-state index >= 15 is 0 Å². The second-order valence-electron chi connectivity index (χ2n) is 3.89. The van der Waals surface area contributed by atoms with Gasteiger partial charge in [0.05, 0.1) is 22.0 Å². The molecule has 2 N–H and O–H groups in total.